The Hall–Kier alpha value is -0.100. The molecule has 0 aliphatic heterocycles. The molecule has 1 rings (SSSR count). The molecule has 1 aromatic carbocycles. The van der Waals surface area contributed by atoms with E-state index >= 15 is 0 Å². The van der Waals surface area contributed by atoms with Crippen LogP contribution < -0.4 is 5.73 Å². The second kappa shape index (κ2) is 3.74. The molecule has 0 bridgehead atoms. The van der Waals surface area contributed by atoms with Crippen LogP contribution in [0.4, 0.5) is 0 Å². The van der Waals surface area contributed by atoms with Gasteiger partial charge in [0.25, 0.3) is 0 Å². The van der Waals surface area contributed by atoms with Crippen molar-refractivity contribution in [1.82, 2.24) is 0 Å². The number of carbonyl (C=O) groups is 1. The Morgan fingerprint density at radius 2 is 2.17 bits per heavy atom. The van der Waals surface area contributed by atoms with E-state index in [1.807, 2.05) is 13.0 Å². The van der Waals surface area contributed by atoms with Crippen LogP contribution in [-0.4, -0.2) is 5.91 Å². The highest BCUT2D eigenvalue weighted by Gasteiger charge is 2.07. The number of primary amides is 1. The van der Waals surface area contributed by atoms with E-state index in [2.05, 4.69) is 38.5 Å². The summed E-state index contributed by atoms with van der Waals surface area (Å²) in [5.74, 6) is -0.377. The van der Waals surface area contributed by atoms with Crippen molar-refractivity contribution in [2.24, 2.45) is 5.73 Å². The number of hydrogen-bond acceptors (Lipinski definition) is 1. The van der Waals surface area contributed by atoms with Crippen molar-refractivity contribution in [3.05, 3.63) is 31.3 Å². The standard InChI is InChI=1S/C8H7BrINO/c1-4-2-6(9)7(10)3-5(4)8(11)12/h2-3H,1H3,(H2,11,12). The average Bonchev–Trinajstić information content (AvgIpc) is 1.96. The lowest BCUT2D eigenvalue weighted by Crippen LogP contribution is -2.12. The van der Waals surface area contributed by atoms with Gasteiger partial charge in [0.2, 0.25) is 5.91 Å². The van der Waals surface area contributed by atoms with Gasteiger partial charge in [0.15, 0.2) is 0 Å². The lowest BCUT2D eigenvalue weighted by Gasteiger charge is -2.03. The maximum absolute atomic E-state index is 10.9. The Bertz CT molecular complexity index is 338. The summed E-state index contributed by atoms with van der Waals surface area (Å²) < 4.78 is 1.98. The molecule has 0 radical (unpaired) electrons. The number of hydrogen-bond donors (Lipinski definition) is 1. The van der Waals surface area contributed by atoms with E-state index in [0.29, 0.717) is 5.56 Å². The predicted octanol–water partition coefficient (Wildman–Crippen LogP) is 2.46. The lowest BCUT2D eigenvalue weighted by atomic mass is 10.1. The molecule has 12 heavy (non-hydrogen) atoms. The number of amides is 1. The van der Waals surface area contributed by atoms with Gasteiger partial charge in [0.1, 0.15) is 0 Å². The highest BCUT2D eigenvalue weighted by atomic mass is 127. The molecular weight excluding hydrogens is 333 g/mol. The van der Waals surface area contributed by atoms with Crippen molar-refractivity contribution in [2.75, 3.05) is 0 Å². The molecule has 0 fully saturated rings. The molecular formula is C8H7BrINO. The van der Waals surface area contributed by atoms with Crippen LogP contribution in [0.15, 0.2) is 16.6 Å². The minimum atomic E-state index is -0.377. The number of carbonyl (C=O) groups excluding carboxylic acids is 1. The molecule has 2 nitrogen and oxygen atoms in total. The summed E-state index contributed by atoms with van der Waals surface area (Å²) in [7, 11) is 0. The first-order chi connectivity index (χ1) is 5.52. The third-order valence-corrected chi connectivity index (χ3v) is 3.82. The molecule has 1 amide bonds. The molecule has 0 atom stereocenters. The van der Waals surface area contributed by atoms with Gasteiger partial charge in [-0.05, 0) is 63.1 Å². The van der Waals surface area contributed by atoms with Crippen molar-refractivity contribution in [3.8, 4) is 0 Å². The molecule has 0 spiro atoms. The summed E-state index contributed by atoms with van der Waals surface area (Å²) in [6, 6.07) is 3.67. The predicted molar refractivity (Wildman–Crippen MR) is 60.1 cm³/mol. The fourth-order valence-electron chi connectivity index (χ4n) is 0.912. The maximum atomic E-state index is 10.9. The van der Waals surface area contributed by atoms with Crippen LogP contribution in [0.5, 0.6) is 0 Å². The Balaban J connectivity index is 3.33. The molecule has 0 aliphatic rings. The van der Waals surface area contributed by atoms with Gasteiger partial charge in [0, 0.05) is 13.6 Å². The Morgan fingerprint density at radius 3 is 2.67 bits per heavy atom. The van der Waals surface area contributed by atoms with Gasteiger partial charge < -0.3 is 5.73 Å². The van der Waals surface area contributed by atoms with Gasteiger partial charge in [-0.3, -0.25) is 4.79 Å². The third kappa shape index (κ3) is 1.98. The van der Waals surface area contributed by atoms with Gasteiger partial charge in [-0.1, -0.05) is 0 Å². The van der Waals surface area contributed by atoms with Crippen molar-refractivity contribution < 1.29 is 4.79 Å². The van der Waals surface area contributed by atoms with Crippen molar-refractivity contribution in [2.45, 2.75) is 6.92 Å². The SMILES string of the molecule is Cc1cc(Br)c(I)cc1C(N)=O. The zero-order valence-electron chi connectivity index (χ0n) is 6.40. The highest BCUT2D eigenvalue weighted by molar-refractivity contribution is 14.1. The van der Waals surface area contributed by atoms with Gasteiger partial charge in [-0.15, -0.1) is 0 Å². The first kappa shape index (κ1) is 9.98. The summed E-state index contributed by atoms with van der Waals surface area (Å²) >= 11 is 5.51. The summed E-state index contributed by atoms with van der Waals surface area (Å²) in [6.45, 7) is 1.86. The molecule has 2 N–H and O–H groups in total. The highest BCUT2D eigenvalue weighted by Crippen LogP contribution is 2.22. The van der Waals surface area contributed by atoms with Crippen molar-refractivity contribution in [3.63, 3.8) is 0 Å². The van der Waals surface area contributed by atoms with E-state index in [-0.39, 0.29) is 5.91 Å². The van der Waals surface area contributed by atoms with E-state index in [4.69, 9.17) is 5.73 Å². The van der Waals surface area contributed by atoms with Gasteiger partial charge in [-0.2, -0.15) is 0 Å². The van der Waals surface area contributed by atoms with E-state index < -0.39 is 0 Å². The second-order valence-corrected chi connectivity index (χ2v) is 4.46. The first-order valence-corrected chi connectivity index (χ1v) is 5.15. The van der Waals surface area contributed by atoms with E-state index in [1.165, 1.54) is 0 Å². The minimum Gasteiger partial charge on any atom is -0.366 e. The monoisotopic (exact) mass is 339 g/mol. The Morgan fingerprint density at radius 1 is 1.58 bits per heavy atom. The summed E-state index contributed by atoms with van der Waals surface area (Å²) in [4.78, 5) is 10.9. The van der Waals surface area contributed by atoms with Crippen LogP contribution in [0.2, 0.25) is 0 Å². The topological polar surface area (TPSA) is 43.1 Å². The van der Waals surface area contributed by atoms with Crippen LogP contribution >= 0.6 is 38.5 Å². The fourth-order valence-corrected chi connectivity index (χ4v) is 1.84. The van der Waals surface area contributed by atoms with Crippen LogP contribution in [0.3, 0.4) is 0 Å². The quantitative estimate of drug-likeness (QED) is 0.785. The van der Waals surface area contributed by atoms with E-state index in [1.54, 1.807) is 6.07 Å². The fraction of sp³-hybridized carbons (Fsp3) is 0.125. The number of benzene rings is 1. The third-order valence-electron chi connectivity index (χ3n) is 1.53. The Labute approximate surface area is 92.8 Å². The molecule has 0 aromatic heterocycles. The van der Waals surface area contributed by atoms with Gasteiger partial charge in [0.05, 0.1) is 0 Å². The summed E-state index contributed by atoms with van der Waals surface area (Å²) in [5, 5.41) is 0. The molecule has 0 heterocycles. The van der Waals surface area contributed by atoms with Crippen molar-refractivity contribution in [1.29, 1.82) is 0 Å². The Kier molecular flexibility index (Phi) is 3.11. The first-order valence-electron chi connectivity index (χ1n) is 3.28. The molecule has 0 unspecified atom stereocenters. The van der Waals surface area contributed by atoms with Crippen molar-refractivity contribution >= 4 is 44.4 Å². The maximum Gasteiger partial charge on any atom is 0.249 e. The molecule has 0 saturated carbocycles. The van der Waals surface area contributed by atoms with E-state index in [0.717, 1.165) is 13.6 Å². The largest absolute Gasteiger partial charge is 0.366 e. The van der Waals surface area contributed by atoms with Crippen LogP contribution in [0.25, 0.3) is 0 Å². The summed E-state index contributed by atoms with van der Waals surface area (Å²) in [5.41, 5.74) is 6.66. The van der Waals surface area contributed by atoms with E-state index in [9.17, 15) is 4.79 Å². The van der Waals surface area contributed by atoms with Gasteiger partial charge >= 0.3 is 0 Å². The molecule has 64 valence electrons. The minimum absolute atomic E-state index is 0.377. The number of nitrogens with two attached hydrogens (primary N) is 1. The molecule has 4 heteroatoms. The van der Waals surface area contributed by atoms with Gasteiger partial charge in [-0.25, -0.2) is 0 Å². The number of aryl methyl sites for hydroxylation is 1. The second-order valence-electron chi connectivity index (χ2n) is 2.45. The molecule has 0 saturated heterocycles. The summed E-state index contributed by atoms with van der Waals surface area (Å²) in [6.07, 6.45) is 0. The van der Waals surface area contributed by atoms with Crippen LogP contribution in [0, 0.1) is 10.5 Å². The molecule has 0 aliphatic carbocycles. The van der Waals surface area contributed by atoms with Crippen LogP contribution in [-0.2, 0) is 0 Å². The number of rotatable bonds is 1. The lowest BCUT2D eigenvalue weighted by molar-refractivity contribution is 0.0999. The van der Waals surface area contributed by atoms with Crippen LogP contribution in [0.1, 0.15) is 15.9 Å². The molecule has 1 aromatic rings. The zero-order chi connectivity index (χ0) is 9.30. The normalized spacial score (nSPS) is 9.92. The smallest absolute Gasteiger partial charge is 0.249 e. The zero-order valence-corrected chi connectivity index (χ0v) is 10.1. The average molecular weight is 340 g/mol. The number of halogens is 2.